The first kappa shape index (κ1) is 15.7. The fourth-order valence-electron chi connectivity index (χ4n) is 4.07. The minimum absolute atomic E-state index is 0.00978. The van der Waals surface area contributed by atoms with Crippen LogP contribution in [0.4, 0.5) is 5.69 Å². The lowest BCUT2D eigenvalue weighted by Gasteiger charge is -2.39. The van der Waals surface area contributed by atoms with E-state index in [-0.39, 0.29) is 5.60 Å². The molecule has 128 valence electrons. The van der Waals surface area contributed by atoms with Crippen molar-refractivity contribution >= 4 is 5.69 Å². The quantitative estimate of drug-likeness (QED) is 0.938. The van der Waals surface area contributed by atoms with Crippen LogP contribution in [0.3, 0.4) is 0 Å². The van der Waals surface area contributed by atoms with Gasteiger partial charge < -0.3 is 14.6 Å². The molecular weight excluding hydrogens is 300 g/mol. The number of imidazole rings is 1. The van der Waals surface area contributed by atoms with E-state index in [0.717, 1.165) is 44.9 Å². The molecule has 0 saturated carbocycles. The normalized spacial score (nSPS) is 27.6. The lowest BCUT2D eigenvalue weighted by Crippen LogP contribution is -2.48. The summed E-state index contributed by atoms with van der Waals surface area (Å²) in [5.41, 5.74) is 1.19. The monoisotopic (exact) mass is 326 g/mol. The molecule has 3 heterocycles. The van der Waals surface area contributed by atoms with Gasteiger partial charge in [0.05, 0.1) is 24.8 Å². The number of hydrogen-bond acceptors (Lipinski definition) is 4. The smallest absolute Gasteiger partial charge is 0.122 e. The maximum absolute atomic E-state index is 6.31. The standard InChI is InChI=1S/C19H26N4O/c1-22-11-9-20-18(22)13-23-10-5-8-19(15-23)12-17(14-24-19)21-16-6-3-2-4-7-16/h2-4,6-7,9,11,17,21H,5,8,10,12-15H2,1H3. The zero-order valence-corrected chi connectivity index (χ0v) is 14.3. The van der Waals surface area contributed by atoms with Gasteiger partial charge in [-0.15, -0.1) is 0 Å². The molecule has 2 aliphatic heterocycles. The Labute approximate surface area is 143 Å². The Kier molecular flexibility index (Phi) is 4.29. The van der Waals surface area contributed by atoms with Crippen LogP contribution in [0.15, 0.2) is 42.7 Å². The summed E-state index contributed by atoms with van der Waals surface area (Å²) >= 11 is 0. The van der Waals surface area contributed by atoms with Gasteiger partial charge in [-0.2, -0.15) is 0 Å². The predicted octanol–water partition coefficient (Wildman–Crippen LogP) is 2.66. The van der Waals surface area contributed by atoms with Crippen LogP contribution in [0.5, 0.6) is 0 Å². The molecule has 1 aromatic heterocycles. The highest BCUT2D eigenvalue weighted by Crippen LogP contribution is 2.36. The predicted molar refractivity (Wildman–Crippen MR) is 94.9 cm³/mol. The van der Waals surface area contributed by atoms with Crippen LogP contribution in [0.2, 0.25) is 0 Å². The van der Waals surface area contributed by atoms with Crippen LogP contribution < -0.4 is 5.32 Å². The second-order valence-electron chi connectivity index (χ2n) is 7.17. The number of nitrogens with zero attached hydrogens (tertiary/aromatic N) is 3. The van der Waals surface area contributed by atoms with E-state index >= 15 is 0 Å². The first-order chi connectivity index (χ1) is 11.7. The summed E-state index contributed by atoms with van der Waals surface area (Å²) in [6.07, 6.45) is 7.33. The van der Waals surface area contributed by atoms with Crippen molar-refractivity contribution in [2.75, 3.05) is 25.0 Å². The van der Waals surface area contributed by atoms with Crippen molar-refractivity contribution in [3.8, 4) is 0 Å². The van der Waals surface area contributed by atoms with Crippen LogP contribution >= 0.6 is 0 Å². The Hall–Kier alpha value is -1.85. The van der Waals surface area contributed by atoms with Gasteiger partial charge in [0.15, 0.2) is 0 Å². The number of nitrogens with one attached hydrogen (secondary N) is 1. The second kappa shape index (κ2) is 6.57. The van der Waals surface area contributed by atoms with Crippen molar-refractivity contribution < 1.29 is 4.74 Å². The summed E-state index contributed by atoms with van der Waals surface area (Å²) in [6, 6.07) is 10.8. The molecule has 0 radical (unpaired) electrons. The van der Waals surface area contributed by atoms with Crippen LogP contribution in [-0.4, -0.2) is 45.8 Å². The van der Waals surface area contributed by atoms with E-state index in [4.69, 9.17) is 4.74 Å². The summed E-state index contributed by atoms with van der Waals surface area (Å²) in [5.74, 6) is 1.13. The topological polar surface area (TPSA) is 42.3 Å². The zero-order valence-electron chi connectivity index (χ0n) is 14.3. The number of ether oxygens (including phenoxy) is 1. The third-order valence-electron chi connectivity index (χ3n) is 5.26. The molecule has 2 aromatic rings. The molecule has 2 aliphatic rings. The van der Waals surface area contributed by atoms with Gasteiger partial charge in [0, 0.05) is 31.7 Å². The third kappa shape index (κ3) is 3.32. The van der Waals surface area contributed by atoms with Crippen molar-refractivity contribution in [2.45, 2.75) is 37.5 Å². The molecule has 0 amide bonds. The first-order valence-electron chi connectivity index (χ1n) is 8.87. The summed E-state index contributed by atoms with van der Waals surface area (Å²) in [6.45, 7) is 3.85. The van der Waals surface area contributed by atoms with Gasteiger partial charge in [0.25, 0.3) is 0 Å². The molecule has 2 saturated heterocycles. The SMILES string of the molecule is Cn1ccnc1CN1CCCC2(CC(Nc3ccccc3)CO2)C1. The molecule has 2 fully saturated rings. The summed E-state index contributed by atoms with van der Waals surface area (Å²) in [5, 5.41) is 3.62. The average molecular weight is 326 g/mol. The van der Waals surface area contributed by atoms with Gasteiger partial charge in [0.1, 0.15) is 5.82 Å². The lowest BCUT2D eigenvalue weighted by molar-refractivity contribution is -0.0539. The molecule has 1 spiro atoms. The van der Waals surface area contributed by atoms with Crippen LogP contribution in [0.25, 0.3) is 0 Å². The first-order valence-corrected chi connectivity index (χ1v) is 8.87. The average Bonchev–Trinajstić information content (AvgIpc) is 3.16. The van der Waals surface area contributed by atoms with Gasteiger partial charge in [0.2, 0.25) is 0 Å². The molecule has 2 unspecified atom stereocenters. The number of para-hydroxylation sites is 1. The van der Waals surface area contributed by atoms with Crippen molar-refractivity contribution in [1.82, 2.24) is 14.5 Å². The number of aryl methyl sites for hydroxylation is 1. The molecule has 2 atom stereocenters. The number of hydrogen-bond donors (Lipinski definition) is 1. The highest BCUT2D eigenvalue weighted by Gasteiger charge is 2.43. The Bertz CT molecular complexity index is 671. The molecule has 0 aliphatic carbocycles. The van der Waals surface area contributed by atoms with Crippen molar-refractivity contribution in [1.29, 1.82) is 0 Å². The number of piperidine rings is 1. The van der Waals surface area contributed by atoms with E-state index in [1.54, 1.807) is 0 Å². The molecule has 5 nitrogen and oxygen atoms in total. The number of rotatable bonds is 4. The minimum atomic E-state index is 0.00978. The van der Waals surface area contributed by atoms with Crippen molar-refractivity contribution in [3.63, 3.8) is 0 Å². The van der Waals surface area contributed by atoms with E-state index in [2.05, 4.69) is 57.1 Å². The summed E-state index contributed by atoms with van der Waals surface area (Å²) in [7, 11) is 2.06. The van der Waals surface area contributed by atoms with Gasteiger partial charge in [-0.3, -0.25) is 4.90 Å². The highest BCUT2D eigenvalue weighted by atomic mass is 16.5. The molecular formula is C19H26N4O. The molecule has 1 aromatic carbocycles. The lowest BCUT2D eigenvalue weighted by atomic mass is 9.88. The molecule has 24 heavy (non-hydrogen) atoms. The molecule has 4 rings (SSSR count). The fraction of sp³-hybridized carbons (Fsp3) is 0.526. The van der Waals surface area contributed by atoms with Crippen LogP contribution in [0.1, 0.15) is 25.1 Å². The third-order valence-corrected chi connectivity index (χ3v) is 5.26. The Morgan fingerprint density at radius 1 is 1.33 bits per heavy atom. The fourth-order valence-corrected chi connectivity index (χ4v) is 4.07. The largest absolute Gasteiger partial charge is 0.380 e. The Morgan fingerprint density at radius 3 is 3.00 bits per heavy atom. The number of anilines is 1. The zero-order chi connectivity index (χ0) is 16.4. The van der Waals surface area contributed by atoms with Gasteiger partial charge in [-0.25, -0.2) is 4.98 Å². The van der Waals surface area contributed by atoms with Crippen molar-refractivity contribution in [2.24, 2.45) is 7.05 Å². The van der Waals surface area contributed by atoms with E-state index in [9.17, 15) is 0 Å². The van der Waals surface area contributed by atoms with E-state index in [0.29, 0.717) is 6.04 Å². The summed E-state index contributed by atoms with van der Waals surface area (Å²) in [4.78, 5) is 6.96. The van der Waals surface area contributed by atoms with Gasteiger partial charge in [-0.05, 0) is 37.9 Å². The second-order valence-corrected chi connectivity index (χ2v) is 7.17. The molecule has 5 heteroatoms. The van der Waals surface area contributed by atoms with Crippen LogP contribution in [0, 0.1) is 0 Å². The number of aromatic nitrogens is 2. The maximum atomic E-state index is 6.31. The highest BCUT2D eigenvalue weighted by molar-refractivity contribution is 5.43. The van der Waals surface area contributed by atoms with E-state index in [1.807, 2.05) is 12.4 Å². The Morgan fingerprint density at radius 2 is 2.21 bits per heavy atom. The summed E-state index contributed by atoms with van der Waals surface area (Å²) < 4.78 is 8.42. The van der Waals surface area contributed by atoms with E-state index < -0.39 is 0 Å². The van der Waals surface area contributed by atoms with E-state index in [1.165, 1.54) is 12.1 Å². The maximum Gasteiger partial charge on any atom is 0.122 e. The van der Waals surface area contributed by atoms with Crippen molar-refractivity contribution in [3.05, 3.63) is 48.5 Å². The molecule has 0 bridgehead atoms. The minimum Gasteiger partial charge on any atom is -0.380 e. The molecule has 1 N–H and O–H groups in total. The van der Waals surface area contributed by atoms with Crippen LogP contribution in [-0.2, 0) is 18.3 Å². The Balaban J connectivity index is 1.38. The van der Waals surface area contributed by atoms with Gasteiger partial charge in [-0.1, -0.05) is 18.2 Å². The number of likely N-dealkylation sites (tertiary alicyclic amines) is 1. The number of benzene rings is 1. The van der Waals surface area contributed by atoms with Gasteiger partial charge >= 0.3 is 0 Å².